The van der Waals surface area contributed by atoms with Gasteiger partial charge in [-0.15, -0.1) is 0 Å². The van der Waals surface area contributed by atoms with E-state index < -0.39 is 5.41 Å². The highest BCUT2D eigenvalue weighted by atomic mass is 16.5. The van der Waals surface area contributed by atoms with Crippen molar-refractivity contribution in [1.29, 1.82) is 0 Å². The van der Waals surface area contributed by atoms with Crippen molar-refractivity contribution in [1.82, 2.24) is 0 Å². The Hall–Kier alpha value is -1.83. The van der Waals surface area contributed by atoms with Crippen LogP contribution in [0.4, 0.5) is 0 Å². The van der Waals surface area contributed by atoms with E-state index in [1.807, 2.05) is 0 Å². The molecule has 0 saturated heterocycles. The van der Waals surface area contributed by atoms with Crippen molar-refractivity contribution in [3.8, 4) is 5.75 Å². The molecule has 1 atom stereocenters. The number of carbonyl (C=O) groups is 1. The number of benzene rings is 1. The minimum absolute atomic E-state index is 0.122. The Balaban J connectivity index is 2.30. The Kier molecular flexibility index (Phi) is 7.31. The van der Waals surface area contributed by atoms with Gasteiger partial charge in [0.1, 0.15) is 12.4 Å². The molecule has 0 saturated carbocycles. The second-order valence-corrected chi connectivity index (χ2v) is 9.41. The molecule has 1 aromatic carbocycles. The molecule has 2 heteroatoms. The van der Waals surface area contributed by atoms with Gasteiger partial charge in [-0.05, 0) is 41.2 Å². The van der Waals surface area contributed by atoms with E-state index in [1.54, 1.807) is 0 Å². The molecule has 2 nitrogen and oxygen atoms in total. The number of allylic oxidation sites excluding steroid dienone is 4. The van der Waals surface area contributed by atoms with Crippen molar-refractivity contribution in [2.75, 3.05) is 6.61 Å². The lowest BCUT2D eigenvalue weighted by atomic mass is 9.66. The number of ketones is 1. The Morgan fingerprint density at radius 2 is 1.54 bits per heavy atom. The highest BCUT2D eigenvalue weighted by molar-refractivity contribution is 5.89. The van der Waals surface area contributed by atoms with Gasteiger partial charge < -0.3 is 4.74 Å². The second-order valence-electron chi connectivity index (χ2n) is 9.41. The Labute approximate surface area is 172 Å². The van der Waals surface area contributed by atoms with Gasteiger partial charge in [-0.1, -0.05) is 97.4 Å². The summed E-state index contributed by atoms with van der Waals surface area (Å²) in [5, 5.41) is 0. The molecule has 0 heterocycles. The predicted octanol–water partition coefficient (Wildman–Crippen LogP) is 7.07. The lowest BCUT2D eigenvalue weighted by Gasteiger charge is -2.37. The first-order valence-electron chi connectivity index (χ1n) is 10.8. The van der Waals surface area contributed by atoms with Gasteiger partial charge in [0.25, 0.3) is 0 Å². The Morgan fingerprint density at radius 1 is 0.964 bits per heavy atom. The largest absolute Gasteiger partial charge is 0.485 e. The van der Waals surface area contributed by atoms with Crippen molar-refractivity contribution in [2.45, 2.75) is 73.6 Å². The average Bonchev–Trinajstić information content (AvgIpc) is 2.65. The second kappa shape index (κ2) is 9.11. The number of ether oxygens (including phenoxy) is 1. The van der Waals surface area contributed by atoms with E-state index >= 15 is 0 Å². The van der Waals surface area contributed by atoms with Gasteiger partial charge in [0.05, 0.1) is 5.41 Å². The summed E-state index contributed by atoms with van der Waals surface area (Å²) in [5.41, 5.74) is 3.23. The first-order valence-corrected chi connectivity index (χ1v) is 10.8. The molecular weight excluding hydrogens is 344 g/mol. The van der Waals surface area contributed by atoms with E-state index in [-0.39, 0.29) is 18.3 Å². The summed E-state index contributed by atoms with van der Waals surface area (Å²) in [6.45, 7) is 17.5. The molecular formula is C26H38O2. The Bertz CT molecular complexity index is 723. The minimum atomic E-state index is -0.473. The van der Waals surface area contributed by atoms with E-state index in [0.29, 0.717) is 17.8 Å². The smallest absolute Gasteiger partial charge is 0.180 e. The lowest BCUT2D eigenvalue weighted by molar-refractivity contribution is -0.130. The zero-order valence-corrected chi connectivity index (χ0v) is 19.0. The van der Waals surface area contributed by atoms with E-state index in [4.69, 9.17) is 4.74 Å². The van der Waals surface area contributed by atoms with Gasteiger partial charge in [0.2, 0.25) is 0 Å². The molecule has 0 bridgehead atoms. The maximum Gasteiger partial charge on any atom is 0.180 e. The molecule has 154 valence electrons. The van der Waals surface area contributed by atoms with Crippen LogP contribution in [-0.2, 0) is 4.79 Å². The SMILES string of the molecule is CC(C)C1=CC=CC(C(=O)COc2c(C(C)C)cccc2C(C)C)(C(C)C)C1. The van der Waals surface area contributed by atoms with E-state index in [2.05, 4.69) is 91.8 Å². The van der Waals surface area contributed by atoms with Gasteiger partial charge in [0.15, 0.2) is 5.78 Å². The van der Waals surface area contributed by atoms with Gasteiger partial charge in [-0.25, -0.2) is 0 Å². The quantitative estimate of drug-likeness (QED) is 0.481. The van der Waals surface area contributed by atoms with Gasteiger partial charge in [-0.3, -0.25) is 4.79 Å². The third-order valence-corrected chi connectivity index (χ3v) is 6.16. The zero-order valence-electron chi connectivity index (χ0n) is 19.0. The van der Waals surface area contributed by atoms with Crippen molar-refractivity contribution < 1.29 is 9.53 Å². The summed E-state index contributed by atoms with van der Waals surface area (Å²) in [6.07, 6.45) is 7.14. The molecule has 0 amide bonds. The van der Waals surface area contributed by atoms with Crippen LogP contribution in [0, 0.1) is 17.3 Å². The molecule has 0 aliphatic heterocycles. The highest BCUT2D eigenvalue weighted by Crippen LogP contribution is 2.42. The van der Waals surface area contributed by atoms with Crippen LogP contribution in [0.25, 0.3) is 0 Å². The molecule has 1 unspecified atom stereocenters. The van der Waals surface area contributed by atoms with E-state index in [9.17, 15) is 4.79 Å². The monoisotopic (exact) mass is 382 g/mol. The summed E-state index contributed by atoms with van der Waals surface area (Å²) in [5.74, 6) is 2.47. The fraction of sp³-hybridized carbons (Fsp3) is 0.577. The highest BCUT2D eigenvalue weighted by Gasteiger charge is 2.41. The normalized spacial score (nSPS) is 19.6. The maximum absolute atomic E-state index is 13.5. The van der Waals surface area contributed by atoms with Gasteiger partial charge >= 0.3 is 0 Å². The summed E-state index contributed by atoms with van der Waals surface area (Å²) >= 11 is 0. The number of para-hydroxylation sites is 1. The first kappa shape index (κ1) is 22.5. The summed E-state index contributed by atoms with van der Waals surface area (Å²) in [7, 11) is 0. The molecule has 2 rings (SSSR count). The molecule has 1 aliphatic rings. The van der Waals surface area contributed by atoms with Crippen molar-refractivity contribution in [3.63, 3.8) is 0 Å². The summed E-state index contributed by atoms with van der Waals surface area (Å²) < 4.78 is 6.27. The minimum Gasteiger partial charge on any atom is -0.485 e. The van der Waals surface area contributed by atoms with Crippen LogP contribution in [0.15, 0.2) is 42.0 Å². The average molecular weight is 383 g/mol. The predicted molar refractivity (Wildman–Crippen MR) is 119 cm³/mol. The molecule has 1 aromatic rings. The third kappa shape index (κ3) is 4.59. The van der Waals surface area contributed by atoms with Crippen molar-refractivity contribution in [2.24, 2.45) is 17.3 Å². The van der Waals surface area contributed by atoms with Crippen molar-refractivity contribution >= 4 is 5.78 Å². The molecule has 0 aromatic heterocycles. The van der Waals surface area contributed by atoms with Crippen LogP contribution in [0.3, 0.4) is 0 Å². The lowest BCUT2D eigenvalue weighted by Crippen LogP contribution is -2.39. The van der Waals surface area contributed by atoms with Crippen LogP contribution >= 0.6 is 0 Å². The van der Waals surface area contributed by atoms with Crippen LogP contribution in [-0.4, -0.2) is 12.4 Å². The summed E-state index contributed by atoms with van der Waals surface area (Å²) in [6, 6.07) is 6.34. The van der Waals surface area contributed by atoms with Crippen molar-refractivity contribution in [3.05, 3.63) is 53.1 Å². The van der Waals surface area contributed by atoms with Crippen LogP contribution < -0.4 is 4.74 Å². The third-order valence-electron chi connectivity index (χ3n) is 6.16. The number of carbonyl (C=O) groups excluding carboxylic acids is 1. The fourth-order valence-corrected chi connectivity index (χ4v) is 4.03. The van der Waals surface area contributed by atoms with Gasteiger partial charge in [0, 0.05) is 0 Å². The Morgan fingerprint density at radius 3 is 2.00 bits per heavy atom. The number of rotatable bonds is 8. The molecule has 0 N–H and O–H groups in total. The number of hydrogen-bond acceptors (Lipinski definition) is 2. The van der Waals surface area contributed by atoms with Crippen LogP contribution in [0.1, 0.15) is 84.8 Å². The molecule has 1 aliphatic carbocycles. The summed E-state index contributed by atoms with van der Waals surface area (Å²) in [4.78, 5) is 13.5. The standard InChI is InChI=1S/C26H38O2/c1-17(2)21-11-10-14-26(15-21,20(7)8)24(27)16-28-25-22(18(3)4)12-9-13-23(25)19(5)6/h9-14,17-20H,15-16H2,1-8H3. The molecule has 28 heavy (non-hydrogen) atoms. The van der Waals surface area contributed by atoms with Crippen LogP contribution in [0.2, 0.25) is 0 Å². The molecule has 0 fully saturated rings. The number of Topliss-reactive ketones (excluding diaryl/α,β-unsaturated/α-hetero) is 1. The topological polar surface area (TPSA) is 26.3 Å². The van der Waals surface area contributed by atoms with E-state index in [1.165, 1.54) is 16.7 Å². The van der Waals surface area contributed by atoms with Crippen LogP contribution in [0.5, 0.6) is 5.75 Å². The van der Waals surface area contributed by atoms with E-state index in [0.717, 1.165) is 12.2 Å². The molecule has 0 spiro atoms. The molecule has 0 radical (unpaired) electrons. The number of hydrogen-bond donors (Lipinski definition) is 0. The fourth-order valence-electron chi connectivity index (χ4n) is 4.03. The maximum atomic E-state index is 13.5. The van der Waals surface area contributed by atoms with Gasteiger partial charge in [-0.2, -0.15) is 0 Å². The zero-order chi connectivity index (χ0) is 21.1. The first-order chi connectivity index (χ1) is 13.1.